The molecule has 2 aromatic rings. The van der Waals surface area contributed by atoms with Gasteiger partial charge in [0.05, 0.1) is 4.90 Å². The molecular formula is C15H16FNO2S. The predicted molar refractivity (Wildman–Crippen MR) is 78.0 cm³/mol. The largest absolute Gasteiger partial charge is 0.381 e. The van der Waals surface area contributed by atoms with Crippen molar-refractivity contribution in [2.45, 2.75) is 18.4 Å². The van der Waals surface area contributed by atoms with E-state index in [2.05, 4.69) is 5.32 Å². The van der Waals surface area contributed by atoms with Crippen molar-refractivity contribution >= 4 is 15.5 Å². The highest BCUT2D eigenvalue weighted by atomic mass is 32.2. The van der Waals surface area contributed by atoms with Crippen LogP contribution in [-0.2, 0) is 16.4 Å². The minimum Gasteiger partial charge on any atom is -0.381 e. The molecular weight excluding hydrogens is 277 g/mol. The zero-order valence-corrected chi connectivity index (χ0v) is 12.2. The summed E-state index contributed by atoms with van der Waals surface area (Å²) in [7, 11) is -3.21. The number of hydrogen-bond acceptors (Lipinski definition) is 3. The fourth-order valence-corrected chi connectivity index (χ4v) is 2.56. The molecule has 106 valence electrons. The second-order valence-corrected chi connectivity index (χ2v) is 6.74. The van der Waals surface area contributed by atoms with Crippen molar-refractivity contribution in [3.8, 4) is 0 Å². The molecule has 0 spiro atoms. The Morgan fingerprint density at radius 1 is 1.15 bits per heavy atom. The Bertz CT molecular complexity index is 726. The summed E-state index contributed by atoms with van der Waals surface area (Å²) in [6.07, 6.45) is 1.18. The molecule has 0 aromatic heterocycles. The van der Waals surface area contributed by atoms with Crippen LogP contribution in [0.4, 0.5) is 10.1 Å². The van der Waals surface area contributed by atoms with E-state index in [1.807, 2.05) is 6.92 Å². The molecule has 5 heteroatoms. The van der Waals surface area contributed by atoms with E-state index < -0.39 is 9.84 Å². The second-order valence-electron chi connectivity index (χ2n) is 4.72. The molecule has 0 heterocycles. The highest BCUT2D eigenvalue weighted by Gasteiger charge is 2.07. The fourth-order valence-electron chi connectivity index (χ4n) is 1.89. The summed E-state index contributed by atoms with van der Waals surface area (Å²) < 4.78 is 36.0. The van der Waals surface area contributed by atoms with Gasteiger partial charge in [0.25, 0.3) is 0 Å². The summed E-state index contributed by atoms with van der Waals surface area (Å²) in [5.74, 6) is -0.259. The molecule has 0 unspecified atom stereocenters. The predicted octanol–water partition coefficient (Wildman–Crippen LogP) is 3.15. The molecule has 2 aromatic carbocycles. The zero-order valence-electron chi connectivity index (χ0n) is 11.4. The second kappa shape index (κ2) is 5.63. The van der Waals surface area contributed by atoms with Crippen LogP contribution in [0.3, 0.4) is 0 Å². The Morgan fingerprint density at radius 3 is 2.55 bits per heavy atom. The molecule has 0 aliphatic heterocycles. The van der Waals surface area contributed by atoms with Crippen molar-refractivity contribution in [2.75, 3.05) is 11.6 Å². The first-order chi connectivity index (χ1) is 9.36. The number of sulfone groups is 1. The SMILES string of the molecule is Cc1cc(F)ccc1CNc1cccc(S(C)(=O)=O)c1. The number of benzene rings is 2. The minimum atomic E-state index is -3.21. The molecule has 2 rings (SSSR count). The van der Waals surface area contributed by atoms with Crippen molar-refractivity contribution in [3.05, 3.63) is 59.4 Å². The van der Waals surface area contributed by atoms with Crippen molar-refractivity contribution in [3.63, 3.8) is 0 Å². The van der Waals surface area contributed by atoms with E-state index in [1.165, 1.54) is 18.4 Å². The van der Waals surface area contributed by atoms with E-state index in [9.17, 15) is 12.8 Å². The monoisotopic (exact) mass is 293 g/mol. The zero-order chi connectivity index (χ0) is 14.8. The third kappa shape index (κ3) is 3.57. The maximum Gasteiger partial charge on any atom is 0.175 e. The molecule has 0 atom stereocenters. The molecule has 0 aliphatic carbocycles. The molecule has 0 bridgehead atoms. The topological polar surface area (TPSA) is 46.2 Å². The molecule has 0 fully saturated rings. The van der Waals surface area contributed by atoms with E-state index in [-0.39, 0.29) is 10.7 Å². The van der Waals surface area contributed by atoms with Gasteiger partial charge >= 0.3 is 0 Å². The number of nitrogens with one attached hydrogen (secondary N) is 1. The van der Waals surface area contributed by atoms with E-state index >= 15 is 0 Å². The standard InChI is InChI=1S/C15H16FNO2S/c1-11-8-13(16)7-6-12(11)10-17-14-4-3-5-15(9-14)20(2,18)19/h3-9,17H,10H2,1-2H3. The lowest BCUT2D eigenvalue weighted by atomic mass is 10.1. The minimum absolute atomic E-state index is 0.259. The third-order valence-corrected chi connectivity index (χ3v) is 4.16. The van der Waals surface area contributed by atoms with Gasteiger partial charge in [-0.3, -0.25) is 0 Å². The molecule has 20 heavy (non-hydrogen) atoms. The van der Waals surface area contributed by atoms with Crippen LogP contribution in [0.15, 0.2) is 47.4 Å². The van der Waals surface area contributed by atoms with Gasteiger partial charge in [0.2, 0.25) is 0 Å². The molecule has 1 N–H and O–H groups in total. The van der Waals surface area contributed by atoms with Crippen molar-refractivity contribution in [2.24, 2.45) is 0 Å². The van der Waals surface area contributed by atoms with Crippen LogP contribution in [0.25, 0.3) is 0 Å². The van der Waals surface area contributed by atoms with Gasteiger partial charge in [-0.25, -0.2) is 12.8 Å². The van der Waals surface area contributed by atoms with Gasteiger partial charge in [-0.15, -0.1) is 0 Å². The Hall–Kier alpha value is -1.88. The van der Waals surface area contributed by atoms with Crippen LogP contribution in [0.1, 0.15) is 11.1 Å². The van der Waals surface area contributed by atoms with E-state index in [1.54, 1.807) is 30.3 Å². The summed E-state index contributed by atoms with van der Waals surface area (Å²) in [6, 6.07) is 11.3. The van der Waals surface area contributed by atoms with Gasteiger partial charge in [0.1, 0.15) is 5.82 Å². The highest BCUT2D eigenvalue weighted by molar-refractivity contribution is 7.90. The summed E-state index contributed by atoms with van der Waals surface area (Å²) in [4.78, 5) is 0.276. The van der Waals surface area contributed by atoms with Gasteiger partial charge in [-0.05, 0) is 48.4 Å². The Balaban J connectivity index is 2.15. The summed E-state index contributed by atoms with van der Waals surface area (Å²) in [5, 5.41) is 3.15. The Morgan fingerprint density at radius 2 is 1.90 bits per heavy atom. The fraction of sp³-hybridized carbons (Fsp3) is 0.200. The van der Waals surface area contributed by atoms with E-state index in [0.717, 1.165) is 16.8 Å². The first kappa shape index (κ1) is 14.5. The number of hydrogen-bond donors (Lipinski definition) is 1. The summed E-state index contributed by atoms with van der Waals surface area (Å²) in [6.45, 7) is 2.35. The molecule has 0 amide bonds. The molecule has 3 nitrogen and oxygen atoms in total. The number of halogens is 1. The van der Waals surface area contributed by atoms with Crippen LogP contribution in [0.2, 0.25) is 0 Å². The molecule has 0 saturated heterocycles. The average Bonchev–Trinajstić information content (AvgIpc) is 2.37. The van der Waals surface area contributed by atoms with E-state index in [4.69, 9.17) is 0 Å². The first-order valence-corrected chi connectivity index (χ1v) is 8.04. The number of rotatable bonds is 4. The summed E-state index contributed by atoms with van der Waals surface area (Å²) in [5.41, 5.74) is 2.55. The van der Waals surface area contributed by atoms with Gasteiger partial charge in [-0.2, -0.15) is 0 Å². The Kier molecular flexibility index (Phi) is 4.09. The van der Waals surface area contributed by atoms with E-state index in [0.29, 0.717) is 6.54 Å². The quantitative estimate of drug-likeness (QED) is 0.942. The third-order valence-electron chi connectivity index (χ3n) is 3.05. The lowest BCUT2D eigenvalue weighted by Gasteiger charge is -2.10. The van der Waals surface area contributed by atoms with Crippen molar-refractivity contribution in [1.82, 2.24) is 0 Å². The molecule has 0 saturated carbocycles. The van der Waals surface area contributed by atoms with Crippen LogP contribution < -0.4 is 5.32 Å². The Labute approximate surface area is 118 Å². The van der Waals surface area contributed by atoms with Crippen LogP contribution in [-0.4, -0.2) is 14.7 Å². The normalized spacial score (nSPS) is 11.3. The maximum atomic E-state index is 13.0. The van der Waals surface area contributed by atoms with Gasteiger partial charge in [-0.1, -0.05) is 12.1 Å². The van der Waals surface area contributed by atoms with Crippen molar-refractivity contribution in [1.29, 1.82) is 0 Å². The molecule has 0 aliphatic rings. The van der Waals surface area contributed by atoms with Crippen molar-refractivity contribution < 1.29 is 12.8 Å². The number of anilines is 1. The first-order valence-electron chi connectivity index (χ1n) is 6.15. The molecule has 0 radical (unpaired) electrons. The van der Waals surface area contributed by atoms with Crippen LogP contribution in [0, 0.1) is 12.7 Å². The lowest BCUT2D eigenvalue weighted by Crippen LogP contribution is -2.03. The van der Waals surface area contributed by atoms with Crippen LogP contribution in [0.5, 0.6) is 0 Å². The maximum absolute atomic E-state index is 13.0. The number of aryl methyl sites for hydroxylation is 1. The highest BCUT2D eigenvalue weighted by Crippen LogP contribution is 2.17. The van der Waals surface area contributed by atoms with Gasteiger partial charge < -0.3 is 5.32 Å². The van der Waals surface area contributed by atoms with Crippen LogP contribution >= 0.6 is 0 Å². The smallest absolute Gasteiger partial charge is 0.175 e. The van der Waals surface area contributed by atoms with Gasteiger partial charge in [0.15, 0.2) is 9.84 Å². The summed E-state index contributed by atoms with van der Waals surface area (Å²) >= 11 is 0. The average molecular weight is 293 g/mol. The lowest BCUT2D eigenvalue weighted by molar-refractivity contribution is 0.602. The van der Waals surface area contributed by atoms with Gasteiger partial charge in [0, 0.05) is 18.5 Å².